The molecule has 0 spiro atoms. The second-order valence-corrected chi connectivity index (χ2v) is 10.5. The highest BCUT2D eigenvalue weighted by atomic mass is 19.1. The molecule has 1 aromatic heterocycles. The van der Waals surface area contributed by atoms with Gasteiger partial charge in [-0.25, -0.2) is 23.5 Å². The van der Waals surface area contributed by atoms with E-state index in [0.717, 1.165) is 6.07 Å². The van der Waals surface area contributed by atoms with Gasteiger partial charge >= 0.3 is 6.09 Å². The van der Waals surface area contributed by atoms with Crippen molar-refractivity contribution in [1.82, 2.24) is 20.2 Å². The third kappa shape index (κ3) is 6.26. The summed E-state index contributed by atoms with van der Waals surface area (Å²) in [7, 11) is 0. The molecule has 2 amide bonds. The van der Waals surface area contributed by atoms with Crippen LogP contribution >= 0.6 is 0 Å². The maximum absolute atomic E-state index is 15.3. The molecule has 1 fully saturated rings. The molecule has 1 aromatic carbocycles. The van der Waals surface area contributed by atoms with Gasteiger partial charge < -0.3 is 25.0 Å². The highest BCUT2D eigenvalue weighted by Crippen LogP contribution is 2.43. The van der Waals surface area contributed by atoms with E-state index in [1.54, 1.807) is 9.80 Å². The van der Waals surface area contributed by atoms with Gasteiger partial charge in [0, 0.05) is 31.1 Å². The average Bonchev–Trinajstić information content (AvgIpc) is 3.15. The van der Waals surface area contributed by atoms with Gasteiger partial charge in [-0.3, -0.25) is 4.79 Å². The number of nitrogens with zero attached hydrogens (tertiary/aromatic N) is 4. The van der Waals surface area contributed by atoms with E-state index >= 15 is 4.39 Å². The highest BCUT2D eigenvalue weighted by molar-refractivity contribution is 5.97. The normalized spacial score (nSPS) is 19.7. The minimum atomic E-state index is -1.33. The van der Waals surface area contributed by atoms with E-state index in [1.807, 2.05) is 41.5 Å². The molecule has 2 aromatic rings. The van der Waals surface area contributed by atoms with Crippen LogP contribution in [0.5, 0.6) is 11.5 Å². The number of amides is 2. The molecule has 0 bridgehead atoms. The second-order valence-electron chi connectivity index (χ2n) is 10.5. The van der Waals surface area contributed by atoms with Gasteiger partial charge in [-0.15, -0.1) is 0 Å². The lowest BCUT2D eigenvalue weighted by atomic mass is 9.79. The Kier molecular flexibility index (Phi) is 8.55. The van der Waals surface area contributed by atoms with Crippen molar-refractivity contribution in [2.24, 2.45) is 11.3 Å². The van der Waals surface area contributed by atoms with Crippen LogP contribution in [0.15, 0.2) is 30.7 Å². The number of hydrogen-bond acceptors (Lipinski definition) is 6. The Labute approximate surface area is 215 Å². The van der Waals surface area contributed by atoms with E-state index in [0.29, 0.717) is 12.4 Å². The molecule has 2 N–H and O–H groups in total. The number of ether oxygens (including phenoxy) is 1. The van der Waals surface area contributed by atoms with Crippen LogP contribution in [0.25, 0.3) is 0 Å². The Morgan fingerprint density at radius 3 is 2.59 bits per heavy atom. The van der Waals surface area contributed by atoms with Gasteiger partial charge in [0.05, 0.1) is 18.3 Å². The van der Waals surface area contributed by atoms with Gasteiger partial charge in [0.15, 0.2) is 11.6 Å². The minimum Gasteiger partial charge on any atom is -0.465 e. The van der Waals surface area contributed by atoms with Crippen LogP contribution in [0.1, 0.15) is 51.9 Å². The van der Waals surface area contributed by atoms with Gasteiger partial charge in [0.2, 0.25) is 0 Å². The Morgan fingerprint density at radius 2 is 2.00 bits per heavy atom. The first-order valence-corrected chi connectivity index (χ1v) is 12.3. The third-order valence-corrected chi connectivity index (χ3v) is 6.50. The van der Waals surface area contributed by atoms with Crippen LogP contribution in [-0.2, 0) is 0 Å². The van der Waals surface area contributed by atoms with Crippen LogP contribution in [0, 0.1) is 17.2 Å². The number of hydrogen-bond donors (Lipinski definition) is 2. The third-order valence-electron chi connectivity index (χ3n) is 6.50. The van der Waals surface area contributed by atoms with E-state index in [-0.39, 0.29) is 42.1 Å². The molecule has 1 saturated heterocycles. The Hall–Kier alpha value is -3.50. The van der Waals surface area contributed by atoms with Crippen molar-refractivity contribution in [2.75, 3.05) is 24.5 Å². The number of halogens is 2. The Balaban J connectivity index is 2.02. The minimum absolute atomic E-state index is 0.0343. The van der Waals surface area contributed by atoms with Crippen LogP contribution in [0.4, 0.5) is 19.4 Å². The first-order valence-electron chi connectivity index (χ1n) is 12.3. The lowest BCUT2D eigenvalue weighted by Crippen LogP contribution is -2.47. The van der Waals surface area contributed by atoms with Gasteiger partial charge in [0.1, 0.15) is 24.1 Å². The number of carboxylic acid groups (broad SMARTS) is 1. The first-order chi connectivity index (χ1) is 17.3. The fourth-order valence-corrected chi connectivity index (χ4v) is 5.01. The summed E-state index contributed by atoms with van der Waals surface area (Å²) in [4.78, 5) is 36.1. The SMILES string of the molecule is CCN(C(=O)c1cc(F)ccc1Oc1cncnc1N1C[C@@H](F)[C@@H](CNC(=O)O)C1C(C)(C)C)C(C)C. The summed E-state index contributed by atoms with van der Waals surface area (Å²) in [6.07, 6.45) is 0.175. The second kappa shape index (κ2) is 11.3. The van der Waals surface area contributed by atoms with Crippen LogP contribution < -0.4 is 15.0 Å². The molecule has 1 aliphatic rings. The topological polar surface area (TPSA) is 108 Å². The number of carbonyl (C=O) groups excluding carboxylic acids is 1. The molecule has 3 rings (SSSR count). The molecule has 1 aliphatic heterocycles. The van der Waals surface area contributed by atoms with E-state index < -0.39 is 35.5 Å². The Bertz CT molecular complexity index is 1120. The number of rotatable bonds is 8. The lowest BCUT2D eigenvalue weighted by molar-refractivity contribution is 0.0713. The molecular weight excluding hydrogens is 484 g/mol. The number of carbonyl (C=O) groups is 2. The summed E-state index contributed by atoms with van der Waals surface area (Å²) in [5, 5.41) is 11.4. The van der Waals surface area contributed by atoms with Crippen molar-refractivity contribution >= 4 is 17.8 Å². The molecular formula is C26H35F2N5O4. The van der Waals surface area contributed by atoms with E-state index in [9.17, 15) is 14.0 Å². The summed E-state index contributed by atoms with van der Waals surface area (Å²) in [5.41, 5.74) is -0.407. The number of anilines is 1. The molecule has 0 aliphatic carbocycles. The first kappa shape index (κ1) is 28.1. The van der Waals surface area contributed by atoms with E-state index in [2.05, 4.69) is 15.3 Å². The average molecular weight is 520 g/mol. The molecule has 2 heterocycles. The number of alkyl halides is 1. The lowest BCUT2D eigenvalue weighted by Gasteiger charge is -2.39. The van der Waals surface area contributed by atoms with Crippen molar-refractivity contribution in [2.45, 2.75) is 59.8 Å². The molecule has 202 valence electrons. The highest BCUT2D eigenvalue weighted by Gasteiger charge is 2.49. The van der Waals surface area contributed by atoms with Gasteiger partial charge in [-0.1, -0.05) is 20.8 Å². The monoisotopic (exact) mass is 519 g/mol. The smallest absolute Gasteiger partial charge is 0.404 e. The van der Waals surface area contributed by atoms with Crippen LogP contribution in [-0.4, -0.2) is 69.9 Å². The predicted molar refractivity (Wildman–Crippen MR) is 135 cm³/mol. The number of nitrogens with one attached hydrogen (secondary N) is 1. The largest absolute Gasteiger partial charge is 0.465 e. The number of aromatic nitrogens is 2. The molecule has 3 atom stereocenters. The molecule has 1 unspecified atom stereocenters. The maximum Gasteiger partial charge on any atom is 0.404 e. The zero-order chi connectivity index (χ0) is 27.5. The molecule has 37 heavy (non-hydrogen) atoms. The summed E-state index contributed by atoms with van der Waals surface area (Å²) in [5.74, 6) is -1.01. The van der Waals surface area contributed by atoms with E-state index in [4.69, 9.17) is 9.84 Å². The van der Waals surface area contributed by atoms with E-state index in [1.165, 1.54) is 24.7 Å². The molecule has 9 nitrogen and oxygen atoms in total. The van der Waals surface area contributed by atoms with Crippen LogP contribution in [0.3, 0.4) is 0 Å². The molecule has 0 radical (unpaired) electrons. The Morgan fingerprint density at radius 1 is 1.30 bits per heavy atom. The fourth-order valence-electron chi connectivity index (χ4n) is 5.01. The van der Waals surface area contributed by atoms with Gasteiger partial charge in [-0.05, 0) is 44.4 Å². The van der Waals surface area contributed by atoms with Crippen LogP contribution in [0.2, 0.25) is 0 Å². The zero-order valence-corrected chi connectivity index (χ0v) is 22.0. The quantitative estimate of drug-likeness (QED) is 0.519. The fraction of sp³-hybridized carbons (Fsp3) is 0.538. The summed E-state index contributed by atoms with van der Waals surface area (Å²) in [6, 6.07) is 3.15. The van der Waals surface area contributed by atoms with Crippen molar-refractivity contribution in [3.8, 4) is 11.5 Å². The zero-order valence-electron chi connectivity index (χ0n) is 22.0. The van der Waals surface area contributed by atoms with Gasteiger partial charge in [-0.2, -0.15) is 0 Å². The number of benzene rings is 1. The standard InChI is InChI=1S/C26H35F2N5O4/c1-7-32(15(2)3)24(34)17-10-16(27)8-9-20(17)37-21-12-29-14-31-23(21)33-13-19(28)18(11-30-25(35)36)22(33)26(4,5)6/h8-10,12,14-15,18-19,22,30H,7,11,13H2,1-6H3,(H,35,36)/t18-,19-,22?/m1/s1. The predicted octanol–water partition coefficient (Wildman–Crippen LogP) is 4.74. The summed E-state index contributed by atoms with van der Waals surface area (Å²) in [6.45, 7) is 11.7. The van der Waals surface area contributed by atoms with Crippen molar-refractivity contribution in [3.05, 3.63) is 42.1 Å². The van der Waals surface area contributed by atoms with Gasteiger partial charge in [0.25, 0.3) is 5.91 Å². The van der Waals surface area contributed by atoms with Crippen molar-refractivity contribution < 1.29 is 28.2 Å². The van der Waals surface area contributed by atoms with Crippen molar-refractivity contribution in [1.29, 1.82) is 0 Å². The molecule has 0 saturated carbocycles. The van der Waals surface area contributed by atoms with Crippen molar-refractivity contribution in [3.63, 3.8) is 0 Å². The summed E-state index contributed by atoms with van der Waals surface area (Å²) >= 11 is 0. The summed E-state index contributed by atoms with van der Waals surface area (Å²) < 4.78 is 35.6. The maximum atomic E-state index is 15.3. The molecule has 11 heteroatoms.